The monoisotopic (exact) mass is 393 g/mol. The average molecular weight is 393 g/mol. The maximum absolute atomic E-state index is 13.2. The smallest absolute Gasteiger partial charge is 0.345 e. The molecule has 0 saturated carbocycles. The number of benzene rings is 1. The minimum absolute atomic E-state index is 0.132. The first-order valence-electron chi connectivity index (χ1n) is 8.78. The van der Waals surface area contributed by atoms with Gasteiger partial charge in [0.1, 0.15) is 5.75 Å². The molecule has 1 aromatic heterocycles. The van der Waals surface area contributed by atoms with Crippen molar-refractivity contribution in [1.82, 2.24) is 14.1 Å². The lowest BCUT2D eigenvalue weighted by molar-refractivity contribution is -0.144. The summed E-state index contributed by atoms with van der Waals surface area (Å²) in [6, 6.07) is 4.25. The Kier molecular flexibility index (Phi) is 5.25. The first kappa shape index (κ1) is 19.4. The summed E-state index contributed by atoms with van der Waals surface area (Å²) in [5.41, 5.74) is 1.40. The molecule has 1 atom stereocenters. The van der Waals surface area contributed by atoms with Crippen molar-refractivity contribution in [1.29, 1.82) is 0 Å². The summed E-state index contributed by atoms with van der Waals surface area (Å²) in [5, 5.41) is 13.3. The lowest BCUT2D eigenvalue weighted by Gasteiger charge is -2.25. The number of carbonyl (C=O) groups is 1. The van der Waals surface area contributed by atoms with E-state index >= 15 is 0 Å². The molecular formula is C18H23N3O5S. The number of aromatic nitrogens is 2. The molecule has 0 amide bonds. The minimum Gasteiger partial charge on any atom is -0.478 e. The van der Waals surface area contributed by atoms with Gasteiger partial charge in [-0.1, -0.05) is 0 Å². The first-order chi connectivity index (χ1) is 12.7. The number of aryl methyl sites for hydroxylation is 1. The number of carboxylic acid groups (broad SMARTS) is 1. The van der Waals surface area contributed by atoms with Crippen LogP contribution in [0.3, 0.4) is 0 Å². The number of hydrogen-bond acceptors (Lipinski definition) is 5. The van der Waals surface area contributed by atoms with E-state index in [1.807, 2.05) is 27.0 Å². The molecule has 1 aliphatic heterocycles. The third kappa shape index (κ3) is 3.84. The van der Waals surface area contributed by atoms with Gasteiger partial charge in [-0.05, 0) is 44.5 Å². The molecule has 0 aliphatic carbocycles. The van der Waals surface area contributed by atoms with E-state index in [0.717, 1.165) is 5.56 Å². The molecule has 8 nitrogen and oxygen atoms in total. The molecule has 2 aromatic rings. The third-order valence-corrected chi connectivity index (χ3v) is 6.53. The van der Waals surface area contributed by atoms with Gasteiger partial charge in [-0.2, -0.15) is 9.40 Å². The van der Waals surface area contributed by atoms with E-state index in [1.54, 1.807) is 10.9 Å². The molecule has 1 unspecified atom stereocenters. The van der Waals surface area contributed by atoms with Crippen LogP contribution in [0.4, 0.5) is 0 Å². The Morgan fingerprint density at radius 1 is 1.44 bits per heavy atom. The molecule has 1 aromatic carbocycles. The van der Waals surface area contributed by atoms with Gasteiger partial charge in [0, 0.05) is 37.3 Å². The minimum atomic E-state index is -3.76. The molecule has 9 heteroatoms. The summed E-state index contributed by atoms with van der Waals surface area (Å²) in [4.78, 5) is 11.3. The zero-order valence-electron chi connectivity index (χ0n) is 15.5. The van der Waals surface area contributed by atoms with Crippen molar-refractivity contribution in [2.75, 3.05) is 0 Å². The maximum Gasteiger partial charge on any atom is 0.345 e. The Morgan fingerprint density at radius 2 is 2.19 bits per heavy atom. The van der Waals surface area contributed by atoms with Gasteiger partial charge >= 0.3 is 5.97 Å². The van der Waals surface area contributed by atoms with Crippen molar-refractivity contribution in [2.45, 2.75) is 57.3 Å². The second-order valence-electron chi connectivity index (χ2n) is 6.77. The Morgan fingerprint density at radius 3 is 2.78 bits per heavy atom. The maximum atomic E-state index is 13.2. The van der Waals surface area contributed by atoms with Crippen LogP contribution in [0.5, 0.6) is 5.75 Å². The number of nitrogens with zero attached hydrogens (tertiary/aromatic N) is 3. The van der Waals surface area contributed by atoms with Gasteiger partial charge in [-0.25, -0.2) is 13.2 Å². The topological polar surface area (TPSA) is 102 Å². The highest BCUT2D eigenvalue weighted by Gasteiger charge is 2.32. The highest BCUT2D eigenvalue weighted by Crippen LogP contribution is 2.32. The largest absolute Gasteiger partial charge is 0.478 e. The fraction of sp³-hybridized carbons (Fsp3) is 0.444. The SMILES string of the molecule is CCn1cc(CN(C(C)C)S(=O)(=O)c2ccc3c(c2)CC(C(=O)O)O3)cn1. The lowest BCUT2D eigenvalue weighted by atomic mass is 10.1. The number of aliphatic carboxylic acids is 1. The molecule has 2 heterocycles. The van der Waals surface area contributed by atoms with E-state index in [1.165, 1.54) is 22.5 Å². The molecule has 0 radical (unpaired) electrons. The van der Waals surface area contributed by atoms with Crippen molar-refractivity contribution in [2.24, 2.45) is 0 Å². The van der Waals surface area contributed by atoms with Crippen LogP contribution < -0.4 is 4.74 Å². The number of rotatable bonds is 7. The van der Waals surface area contributed by atoms with Crippen LogP contribution in [0.1, 0.15) is 31.9 Å². The van der Waals surface area contributed by atoms with E-state index in [-0.39, 0.29) is 23.9 Å². The van der Waals surface area contributed by atoms with E-state index in [2.05, 4.69) is 5.10 Å². The second kappa shape index (κ2) is 7.32. The highest BCUT2D eigenvalue weighted by atomic mass is 32.2. The molecule has 0 bridgehead atoms. The number of ether oxygens (including phenoxy) is 1. The van der Waals surface area contributed by atoms with Gasteiger partial charge < -0.3 is 9.84 Å². The number of hydrogen-bond donors (Lipinski definition) is 1. The molecule has 1 N–H and O–H groups in total. The average Bonchev–Trinajstić information content (AvgIpc) is 3.25. The van der Waals surface area contributed by atoms with E-state index in [0.29, 0.717) is 17.9 Å². The number of fused-ring (bicyclic) bond motifs is 1. The normalized spacial score (nSPS) is 16.6. The summed E-state index contributed by atoms with van der Waals surface area (Å²) < 4.78 is 34.9. The third-order valence-electron chi connectivity index (χ3n) is 4.51. The molecule has 3 rings (SSSR count). The highest BCUT2D eigenvalue weighted by molar-refractivity contribution is 7.89. The van der Waals surface area contributed by atoms with Crippen molar-refractivity contribution in [3.8, 4) is 5.75 Å². The van der Waals surface area contributed by atoms with Crippen LogP contribution in [0.15, 0.2) is 35.5 Å². The van der Waals surface area contributed by atoms with Gasteiger partial charge in [-0.15, -0.1) is 0 Å². The van der Waals surface area contributed by atoms with Crippen LogP contribution in [0, 0.1) is 0 Å². The lowest BCUT2D eigenvalue weighted by Crippen LogP contribution is -2.36. The van der Waals surface area contributed by atoms with Gasteiger partial charge in [0.25, 0.3) is 0 Å². The number of carboxylic acids is 1. The second-order valence-corrected chi connectivity index (χ2v) is 8.66. The van der Waals surface area contributed by atoms with Crippen LogP contribution in [0.25, 0.3) is 0 Å². The standard InChI is InChI=1S/C18H23N3O5S/c1-4-20-10-13(9-19-20)11-21(12(2)3)27(24,25)15-5-6-16-14(7-15)8-17(26-16)18(22)23/h5-7,9-10,12,17H,4,8,11H2,1-3H3,(H,22,23). The summed E-state index contributed by atoms with van der Waals surface area (Å²) >= 11 is 0. The van der Waals surface area contributed by atoms with Gasteiger partial charge in [-0.3, -0.25) is 4.68 Å². The molecule has 1 aliphatic rings. The molecule has 146 valence electrons. The van der Waals surface area contributed by atoms with Crippen LogP contribution >= 0.6 is 0 Å². The summed E-state index contributed by atoms with van der Waals surface area (Å²) in [6.07, 6.45) is 2.68. The van der Waals surface area contributed by atoms with Crippen LogP contribution in [-0.4, -0.2) is 45.7 Å². The molecule has 0 fully saturated rings. The summed E-state index contributed by atoms with van der Waals surface area (Å²) in [6.45, 7) is 6.53. The predicted octanol–water partition coefficient (Wildman–Crippen LogP) is 1.89. The van der Waals surface area contributed by atoms with Crippen molar-refractivity contribution < 1.29 is 23.1 Å². The zero-order chi connectivity index (χ0) is 19.8. The molecule has 27 heavy (non-hydrogen) atoms. The van der Waals surface area contributed by atoms with E-state index in [9.17, 15) is 13.2 Å². The van der Waals surface area contributed by atoms with E-state index in [4.69, 9.17) is 9.84 Å². The predicted molar refractivity (Wildman–Crippen MR) is 98.0 cm³/mol. The Bertz CT molecular complexity index is 952. The van der Waals surface area contributed by atoms with Crippen LogP contribution in [-0.2, 0) is 34.3 Å². The van der Waals surface area contributed by atoms with Gasteiger partial charge in [0.05, 0.1) is 11.1 Å². The van der Waals surface area contributed by atoms with Crippen molar-refractivity contribution in [3.05, 3.63) is 41.7 Å². The number of sulfonamides is 1. The van der Waals surface area contributed by atoms with Crippen LogP contribution in [0.2, 0.25) is 0 Å². The molecule has 0 spiro atoms. The van der Waals surface area contributed by atoms with Gasteiger partial charge in [0.15, 0.2) is 6.10 Å². The first-order valence-corrected chi connectivity index (χ1v) is 10.2. The molecule has 0 saturated heterocycles. The zero-order valence-corrected chi connectivity index (χ0v) is 16.3. The Hall–Kier alpha value is -2.39. The van der Waals surface area contributed by atoms with Gasteiger partial charge in [0.2, 0.25) is 10.0 Å². The fourth-order valence-electron chi connectivity index (χ4n) is 3.04. The van der Waals surface area contributed by atoms with Crippen molar-refractivity contribution >= 4 is 16.0 Å². The quantitative estimate of drug-likeness (QED) is 0.771. The Balaban J connectivity index is 1.89. The Labute approximate surface area is 158 Å². The summed E-state index contributed by atoms with van der Waals surface area (Å²) in [5.74, 6) is -0.644. The summed E-state index contributed by atoms with van der Waals surface area (Å²) in [7, 11) is -3.76. The van der Waals surface area contributed by atoms with E-state index < -0.39 is 22.1 Å². The van der Waals surface area contributed by atoms with Crippen molar-refractivity contribution in [3.63, 3.8) is 0 Å². The fourth-order valence-corrected chi connectivity index (χ4v) is 4.72. The molecular weight excluding hydrogens is 370 g/mol.